The van der Waals surface area contributed by atoms with Crippen molar-refractivity contribution in [3.63, 3.8) is 0 Å². The standard InChI is InChI=1S/C14H22N4S/c1-6-8-16-14(15-7-2)17-9-12-18-13(10(3)4)11(5)19-12/h1,10H,7-9H2,2-5H3,(H2,15,16,17). The molecule has 0 amide bonds. The third-order valence-corrected chi connectivity index (χ3v) is 3.47. The maximum Gasteiger partial charge on any atom is 0.192 e. The van der Waals surface area contributed by atoms with Crippen molar-refractivity contribution in [1.29, 1.82) is 0 Å². The molecule has 4 nitrogen and oxygen atoms in total. The molecule has 0 bridgehead atoms. The van der Waals surface area contributed by atoms with E-state index in [1.54, 1.807) is 11.3 Å². The number of guanidine groups is 1. The number of nitrogens with zero attached hydrogens (tertiary/aromatic N) is 2. The average Bonchev–Trinajstić information content (AvgIpc) is 2.74. The summed E-state index contributed by atoms with van der Waals surface area (Å²) in [7, 11) is 0. The highest BCUT2D eigenvalue weighted by Crippen LogP contribution is 2.24. The maximum atomic E-state index is 5.23. The van der Waals surface area contributed by atoms with Crippen LogP contribution in [-0.2, 0) is 6.54 Å². The zero-order chi connectivity index (χ0) is 14.3. The zero-order valence-electron chi connectivity index (χ0n) is 12.1. The fraction of sp³-hybridized carbons (Fsp3) is 0.571. The molecule has 1 aromatic heterocycles. The first-order chi connectivity index (χ1) is 9.08. The summed E-state index contributed by atoms with van der Waals surface area (Å²) in [5.41, 5.74) is 1.18. The van der Waals surface area contributed by atoms with Gasteiger partial charge in [-0.25, -0.2) is 9.98 Å². The molecule has 0 saturated heterocycles. The minimum Gasteiger partial charge on any atom is -0.357 e. The summed E-state index contributed by atoms with van der Waals surface area (Å²) in [6.07, 6.45) is 5.23. The topological polar surface area (TPSA) is 49.3 Å². The van der Waals surface area contributed by atoms with Gasteiger partial charge in [0.15, 0.2) is 5.96 Å². The Balaban J connectivity index is 2.71. The minimum absolute atomic E-state index is 0.460. The Kier molecular flexibility index (Phi) is 6.37. The normalized spacial score (nSPS) is 11.5. The summed E-state index contributed by atoms with van der Waals surface area (Å²) < 4.78 is 0. The number of terminal acetylenes is 1. The van der Waals surface area contributed by atoms with E-state index < -0.39 is 0 Å². The van der Waals surface area contributed by atoms with Gasteiger partial charge in [-0.15, -0.1) is 17.8 Å². The van der Waals surface area contributed by atoms with Crippen molar-refractivity contribution in [3.8, 4) is 12.3 Å². The lowest BCUT2D eigenvalue weighted by Crippen LogP contribution is -2.37. The Labute approximate surface area is 119 Å². The summed E-state index contributed by atoms with van der Waals surface area (Å²) in [5, 5.41) is 7.26. The van der Waals surface area contributed by atoms with Crippen LogP contribution in [-0.4, -0.2) is 24.0 Å². The molecule has 104 valence electrons. The Morgan fingerprint density at radius 2 is 2.21 bits per heavy atom. The molecule has 2 N–H and O–H groups in total. The van der Waals surface area contributed by atoms with Gasteiger partial charge in [0.25, 0.3) is 0 Å². The second-order valence-electron chi connectivity index (χ2n) is 4.46. The molecule has 19 heavy (non-hydrogen) atoms. The van der Waals surface area contributed by atoms with E-state index in [4.69, 9.17) is 6.42 Å². The summed E-state index contributed by atoms with van der Waals surface area (Å²) in [6, 6.07) is 0. The second kappa shape index (κ2) is 7.80. The van der Waals surface area contributed by atoms with Crippen LogP contribution in [0.1, 0.15) is 42.3 Å². The summed E-state index contributed by atoms with van der Waals surface area (Å²) in [5.74, 6) is 3.73. The monoisotopic (exact) mass is 278 g/mol. The molecule has 0 aromatic carbocycles. The first kappa shape index (κ1) is 15.5. The average molecular weight is 278 g/mol. The SMILES string of the molecule is C#CCNC(=NCc1nc(C(C)C)c(C)s1)NCC. The van der Waals surface area contributed by atoms with E-state index in [0.717, 1.165) is 17.5 Å². The van der Waals surface area contributed by atoms with Crippen molar-refractivity contribution >= 4 is 17.3 Å². The third kappa shape index (κ3) is 4.92. The van der Waals surface area contributed by atoms with Crippen molar-refractivity contribution in [2.45, 2.75) is 40.2 Å². The number of aryl methyl sites for hydroxylation is 1. The Hall–Kier alpha value is -1.54. The van der Waals surface area contributed by atoms with Crippen molar-refractivity contribution in [3.05, 3.63) is 15.6 Å². The molecule has 0 aliphatic rings. The van der Waals surface area contributed by atoms with Crippen molar-refractivity contribution in [1.82, 2.24) is 15.6 Å². The highest BCUT2D eigenvalue weighted by atomic mass is 32.1. The molecule has 1 rings (SSSR count). The fourth-order valence-electron chi connectivity index (χ4n) is 1.69. The summed E-state index contributed by atoms with van der Waals surface area (Å²) >= 11 is 1.71. The first-order valence-corrected chi connectivity index (χ1v) is 7.32. The van der Waals surface area contributed by atoms with E-state index in [1.165, 1.54) is 10.6 Å². The van der Waals surface area contributed by atoms with E-state index >= 15 is 0 Å². The van der Waals surface area contributed by atoms with Gasteiger partial charge in [0.2, 0.25) is 0 Å². The van der Waals surface area contributed by atoms with E-state index in [-0.39, 0.29) is 0 Å². The number of thiazole rings is 1. The van der Waals surface area contributed by atoms with Crippen LogP contribution < -0.4 is 10.6 Å². The van der Waals surface area contributed by atoms with Crippen LogP contribution in [0.3, 0.4) is 0 Å². The van der Waals surface area contributed by atoms with E-state index in [2.05, 4.69) is 47.3 Å². The van der Waals surface area contributed by atoms with Gasteiger partial charge in [0.1, 0.15) is 5.01 Å². The van der Waals surface area contributed by atoms with Crippen LogP contribution in [0.2, 0.25) is 0 Å². The predicted molar refractivity (Wildman–Crippen MR) is 82.6 cm³/mol. The molecule has 0 radical (unpaired) electrons. The summed E-state index contributed by atoms with van der Waals surface area (Å²) in [4.78, 5) is 10.4. The maximum absolute atomic E-state index is 5.23. The number of rotatable bonds is 5. The zero-order valence-corrected chi connectivity index (χ0v) is 12.9. The molecule has 5 heteroatoms. The molecule has 0 unspecified atom stereocenters. The van der Waals surface area contributed by atoms with Crippen LogP contribution in [0.4, 0.5) is 0 Å². The molecule has 0 atom stereocenters. The number of nitrogens with one attached hydrogen (secondary N) is 2. The molecule has 0 aliphatic carbocycles. The number of hydrogen-bond acceptors (Lipinski definition) is 3. The predicted octanol–water partition coefficient (Wildman–Crippen LogP) is 2.26. The van der Waals surface area contributed by atoms with Gasteiger partial charge in [-0.2, -0.15) is 0 Å². The first-order valence-electron chi connectivity index (χ1n) is 6.50. The van der Waals surface area contributed by atoms with Crippen molar-refractivity contribution in [2.75, 3.05) is 13.1 Å². The van der Waals surface area contributed by atoms with E-state index in [1.807, 2.05) is 6.92 Å². The number of aliphatic imine (C=N–C) groups is 1. The van der Waals surface area contributed by atoms with Gasteiger partial charge in [-0.05, 0) is 19.8 Å². The highest BCUT2D eigenvalue weighted by Gasteiger charge is 2.10. The lowest BCUT2D eigenvalue weighted by atomic mass is 10.1. The van der Waals surface area contributed by atoms with Crippen molar-refractivity contribution < 1.29 is 0 Å². The van der Waals surface area contributed by atoms with Gasteiger partial charge < -0.3 is 10.6 Å². The Morgan fingerprint density at radius 1 is 1.47 bits per heavy atom. The van der Waals surface area contributed by atoms with Crippen LogP contribution >= 0.6 is 11.3 Å². The molecule has 0 fully saturated rings. The quantitative estimate of drug-likeness (QED) is 0.493. The third-order valence-electron chi connectivity index (χ3n) is 2.50. The van der Waals surface area contributed by atoms with E-state index in [9.17, 15) is 0 Å². The largest absolute Gasteiger partial charge is 0.357 e. The lowest BCUT2D eigenvalue weighted by molar-refractivity contribution is 0.810. The molecule has 1 heterocycles. The molecule has 1 aromatic rings. The number of hydrogen-bond donors (Lipinski definition) is 2. The molecular weight excluding hydrogens is 256 g/mol. The van der Waals surface area contributed by atoms with Gasteiger partial charge in [-0.1, -0.05) is 19.8 Å². The van der Waals surface area contributed by atoms with Gasteiger partial charge in [0, 0.05) is 11.4 Å². The summed E-state index contributed by atoms with van der Waals surface area (Å²) in [6.45, 7) is 10.3. The van der Waals surface area contributed by atoms with Gasteiger partial charge in [0.05, 0.1) is 18.8 Å². The molecule has 0 aliphatic heterocycles. The van der Waals surface area contributed by atoms with Crippen LogP contribution in [0.15, 0.2) is 4.99 Å². The minimum atomic E-state index is 0.460. The smallest absolute Gasteiger partial charge is 0.192 e. The fourth-order valence-corrected chi connectivity index (χ4v) is 2.70. The highest BCUT2D eigenvalue weighted by molar-refractivity contribution is 7.11. The number of aromatic nitrogens is 1. The molecular formula is C14H22N4S. The Bertz CT molecular complexity index is 468. The van der Waals surface area contributed by atoms with Gasteiger partial charge in [-0.3, -0.25) is 0 Å². The van der Waals surface area contributed by atoms with Gasteiger partial charge >= 0.3 is 0 Å². The lowest BCUT2D eigenvalue weighted by Gasteiger charge is -2.07. The van der Waals surface area contributed by atoms with Crippen molar-refractivity contribution in [2.24, 2.45) is 4.99 Å². The molecule has 0 saturated carbocycles. The Morgan fingerprint density at radius 3 is 2.74 bits per heavy atom. The van der Waals surface area contributed by atoms with Crippen LogP contribution in [0.5, 0.6) is 0 Å². The molecule has 0 spiro atoms. The van der Waals surface area contributed by atoms with Crippen LogP contribution in [0, 0.1) is 19.3 Å². The van der Waals surface area contributed by atoms with E-state index in [0.29, 0.717) is 19.0 Å². The second-order valence-corrected chi connectivity index (χ2v) is 5.74. The van der Waals surface area contributed by atoms with Crippen LogP contribution in [0.25, 0.3) is 0 Å².